The topological polar surface area (TPSA) is 87.7 Å². The van der Waals surface area contributed by atoms with Gasteiger partial charge in [0.05, 0.1) is 0 Å². The molecule has 2 N–H and O–H groups in total. The van der Waals surface area contributed by atoms with Crippen LogP contribution in [0.5, 0.6) is 0 Å². The molecule has 1 aromatic carbocycles. The Bertz CT molecular complexity index is 681. The predicted molar refractivity (Wildman–Crippen MR) is 63.1 cm³/mol. The van der Waals surface area contributed by atoms with Crippen LogP contribution in [-0.2, 0) is 10.0 Å². The van der Waals surface area contributed by atoms with Crippen molar-refractivity contribution in [2.24, 2.45) is 0 Å². The maximum absolute atomic E-state index is 13.5. The van der Waals surface area contributed by atoms with Gasteiger partial charge < -0.3 is 0 Å². The molecule has 0 unspecified atom stereocenters. The van der Waals surface area contributed by atoms with E-state index >= 15 is 0 Å². The largest absolute Gasteiger partial charge is 0.267 e. The van der Waals surface area contributed by atoms with Gasteiger partial charge in [-0.25, -0.2) is 17.5 Å². The number of nitrogens with zero attached hydrogens (tertiary/aromatic N) is 2. The van der Waals surface area contributed by atoms with Crippen molar-refractivity contribution >= 4 is 16.0 Å². The minimum absolute atomic E-state index is 0.117. The van der Waals surface area contributed by atoms with Crippen molar-refractivity contribution in [2.45, 2.75) is 18.7 Å². The first-order valence-corrected chi connectivity index (χ1v) is 6.55. The maximum atomic E-state index is 13.5. The summed E-state index contributed by atoms with van der Waals surface area (Å²) in [6.07, 6.45) is 0. The zero-order valence-electron chi connectivity index (χ0n) is 9.73. The average molecular weight is 270 g/mol. The van der Waals surface area contributed by atoms with Crippen molar-refractivity contribution in [3.63, 3.8) is 0 Å². The van der Waals surface area contributed by atoms with Gasteiger partial charge in [-0.15, -0.1) is 5.10 Å². The van der Waals surface area contributed by atoms with Crippen LogP contribution in [0.2, 0.25) is 0 Å². The van der Waals surface area contributed by atoms with E-state index in [9.17, 15) is 12.8 Å². The first kappa shape index (κ1) is 12.5. The number of aromatic amines is 1. The van der Waals surface area contributed by atoms with Gasteiger partial charge in [0, 0.05) is 0 Å². The number of hydrogen-bond donors (Lipinski definition) is 2. The number of nitrogens with one attached hydrogen (secondary N) is 2. The summed E-state index contributed by atoms with van der Waals surface area (Å²) in [6, 6.07) is 3.84. The number of anilines is 1. The fourth-order valence-corrected chi connectivity index (χ4v) is 2.49. The van der Waals surface area contributed by atoms with E-state index in [4.69, 9.17) is 0 Å². The summed E-state index contributed by atoms with van der Waals surface area (Å²) in [5.74, 6) is -0.480. The molecule has 0 aliphatic rings. The van der Waals surface area contributed by atoms with Crippen molar-refractivity contribution in [2.75, 3.05) is 4.72 Å². The average Bonchev–Trinajstić information content (AvgIpc) is 2.66. The summed E-state index contributed by atoms with van der Waals surface area (Å²) in [4.78, 5) is 3.37. The highest BCUT2D eigenvalue weighted by Gasteiger charge is 2.20. The van der Waals surface area contributed by atoms with E-state index in [0.717, 1.165) is 6.07 Å². The highest BCUT2D eigenvalue weighted by molar-refractivity contribution is 7.92. The van der Waals surface area contributed by atoms with Gasteiger partial charge in [0.2, 0.25) is 0 Å². The SMILES string of the molecule is Cc1ccc(F)c(S(=O)(=O)Nc2n[nH]c(C)n2)c1. The molecule has 1 heterocycles. The zero-order chi connectivity index (χ0) is 13.3. The highest BCUT2D eigenvalue weighted by atomic mass is 32.2. The monoisotopic (exact) mass is 270 g/mol. The molecular formula is C10H11FN4O2S. The Morgan fingerprint density at radius 1 is 1.33 bits per heavy atom. The Morgan fingerprint density at radius 2 is 2.06 bits per heavy atom. The van der Waals surface area contributed by atoms with E-state index in [-0.39, 0.29) is 5.95 Å². The van der Waals surface area contributed by atoms with E-state index < -0.39 is 20.7 Å². The Balaban J connectivity index is 2.39. The van der Waals surface area contributed by atoms with Gasteiger partial charge in [-0.3, -0.25) is 5.10 Å². The number of H-pyrrole nitrogens is 1. The first-order chi connectivity index (χ1) is 8.38. The van der Waals surface area contributed by atoms with Crippen molar-refractivity contribution in [3.05, 3.63) is 35.4 Å². The Kier molecular flexibility index (Phi) is 3.04. The summed E-state index contributed by atoms with van der Waals surface area (Å²) >= 11 is 0. The molecule has 8 heteroatoms. The molecule has 0 atom stereocenters. The summed E-state index contributed by atoms with van der Waals surface area (Å²) in [5, 5.41) is 6.12. The molecule has 0 saturated carbocycles. The van der Waals surface area contributed by atoms with E-state index in [1.807, 2.05) is 0 Å². The first-order valence-electron chi connectivity index (χ1n) is 5.06. The predicted octanol–water partition coefficient (Wildman–Crippen LogP) is 1.36. The lowest BCUT2D eigenvalue weighted by atomic mass is 10.2. The van der Waals surface area contributed by atoms with Crippen LogP contribution >= 0.6 is 0 Å². The number of aromatic nitrogens is 3. The lowest BCUT2D eigenvalue weighted by Gasteiger charge is -2.06. The third kappa shape index (κ3) is 2.48. The minimum Gasteiger partial charge on any atom is -0.261 e. The van der Waals surface area contributed by atoms with Gasteiger partial charge in [-0.1, -0.05) is 6.07 Å². The van der Waals surface area contributed by atoms with Crippen LogP contribution in [0.15, 0.2) is 23.1 Å². The molecule has 6 nitrogen and oxygen atoms in total. The number of hydrogen-bond acceptors (Lipinski definition) is 4. The van der Waals surface area contributed by atoms with Gasteiger partial charge in [-0.05, 0) is 31.5 Å². The number of sulfonamides is 1. The molecule has 2 aromatic rings. The lowest BCUT2D eigenvalue weighted by molar-refractivity contribution is 0.569. The van der Waals surface area contributed by atoms with E-state index in [1.165, 1.54) is 12.1 Å². The standard InChI is InChI=1S/C10H11FN4O2S/c1-6-3-4-8(11)9(5-6)18(16,17)15-10-12-7(2)13-14-10/h3-5H,1-2H3,(H2,12,13,14,15). The minimum atomic E-state index is -4.02. The molecule has 1 aromatic heterocycles. The van der Waals surface area contributed by atoms with E-state index in [2.05, 4.69) is 19.9 Å². The third-order valence-electron chi connectivity index (χ3n) is 2.20. The highest BCUT2D eigenvalue weighted by Crippen LogP contribution is 2.18. The summed E-state index contributed by atoms with van der Waals surface area (Å²) in [6.45, 7) is 3.30. The van der Waals surface area contributed by atoms with Crippen LogP contribution in [0.25, 0.3) is 0 Å². The molecule has 0 aliphatic heterocycles. The van der Waals surface area contributed by atoms with Gasteiger partial charge in [0.25, 0.3) is 16.0 Å². The quantitative estimate of drug-likeness (QED) is 0.881. The molecule has 0 spiro atoms. The van der Waals surface area contributed by atoms with Gasteiger partial charge in [0.15, 0.2) is 0 Å². The van der Waals surface area contributed by atoms with Crippen LogP contribution in [0, 0.1) is 19.7 Å². The van der Waals surface area contributed by atoms with Gasteiger partial charge in [0.1, 0.15) is 16.5 Å². The molecule has 0 fully saturated rings. The second-order valence-corrected chi connectivity index (χ2v) is 5.43. The molecule has 0 saturated heterocycles. The molecule has 18 heavy (non-hydrogen) atoms. The van der Waals surface area contributed by atoms with Gasteiger partial charge in [-0.2, -0.15) is 4.98 Å². The fraction of sp³-hybridized carbons (Fsp3) is 0.200. The second kappa shape index (κ2) is 4.37. The van der Waals surface area contributed by atoms with Crippen LogP contribution < -0.4 is 4.72 Å². The van der Waals surface area contributed by atoms with Gasteiger partial charge >= 0.3 is 0 Å². The van der Waals surface area contributed by atoms with E-state index in [1.54, 1.807) is 13.8 Å². The Morgan fingerprint density at radius 3 is 2.67 bits per heavy atom. The number of halogens is 1. The van der Waals surface area contributed by atoms with Crippen LogP contribution in [0.3, 0.4) is 0 Å². The Labute approximate surface area is 103 Å². The molecular weight excluding hydrogens is 259 g/mol. The fourth-order valence-electron chi connectivity index (χ4n) is 1.38. The molecule has 0 radical (unpaired) electrons. The number of rotatable bonds is 3. The van der Waals surface area contributed by atoms with Crippen molar-refractivity contribution in [1.82, 2.24) is 15.2 Å². The number of benzene rings is 1. The zero-order valence-corrected chi connectivity index (χ0v) is 10.5. The van der Waals surface area contributed by atoms with Crippen molar-refractivity contribution in [3.8, 4) is 0 Å². The van der Waals surface area contributed by atoms with Crippen LogP contribution in [0.4, 0.5) is 10.3 Å². The molecule has 2 rings (SSSR count). The summed E-state index contributed by atoms with van der Waals surface area (Å²) in [7, 11) is -4.02. The Hall–Kier alpha value is -1.96. The van der Waals surface area contributed by atoms with Crippen LogP contribution in [0.1, 0.15) is 11.4 Å². The summed E-state index contributed by atoms with van der Waals surface area (Å²) < 4.78 is 39.5. The second-order valence-electron chi connectivity index (χ2n) is 3.78. The molecule has 0 aliphatic carbocycles. The molecule has 0 amide bonds. The number of aryl methyl sites for hydroxylation is 2. The normalized spacial score (nSPS) is 11.5. The van der Waals surface area contributed by atoms with Crippen molar-refractivity contribution < 1.29 is 12.8 Å². The third-order valence-corrected chi connectivity index (χ3v) is 3.54. The van der Waals surface area contributed by atoms with Crippen molar-refractivity contribution in [1.29, 1.82) is 0 Å². The van der Waals surface area contributed by atoms with Crippen LogP contribution in [-0.4, -0.2) is 23.6 Å². The lowest BCUT2D eigenvalue weighted by Crippen LogP contribution is -2.15. The maximum Gasteiger partial charge on any atom is 0.267 e. The van der Waals surface area contributed by atoms with E-state index in [0.29, 0.717) is 11.4 Å². The smallest absolute Gasteiger partial charge is 0.261 e. The summed E-state index contributed by atoms with van der Waals surface area (Å²) in [5.41, 5.74) is 0.642. The molecule has 0 bridgehead atoms. The molecule has 96 valence electrons.